The second-order valence-electron chi connectivity index (χ2n) is 4.59. The number of anilines is 2. The Bertz CT molecular complexity index is 426. The molecule has 6 heteroatoms. The summed E-state index contributed by atoms with van der Waals surface area (Å²) in [5.41, 5.74) is 0. The Balaban J connectivity index is 2.12. The zero-order chi connectivity index (χ0) is 13.1. The van der Waals surface area contributed by atoms with Crippen molar-refractivity contribution >= 4 is 17.5 Å². The van der Waals surface area contributed by atoms with Crippen molar-refractivity contribution < 1.29 is 4.79 Å². The van der Waals surface area contributed by atoms with E-state index in [1.807, 2.05) is 23.9 Å². The van der Waals surface area contributed by atoms with Crippen LogP contribution in [0.5, 0.6) is 0 Å². The highest BCUT2D eigenvalue weighted by Gasteiger charge is 2.22. The Labute approximate surface area is 107 Å². The van der Waals surface area contributed by atoms with Gasteiger partial charge >= 0.3 is 0 Å². The molecule has 1 amide bonds. The summed E-state index contributed by atoms with van der Waals surface area (Å²) in [6.07, 6.45) is 3.41. The molecule has 0 aliphatic carbocycles. The van der Waals surface area contributed by atoms with Gasteiger partial charge in [-0.2, -0.15) is 0 Å². The number of carbonyl (C=O) groups is 1. The Morgan fingerprint density at radius 1 is 1.17 bits per heavy atom. The van der Waals surface area contributed by atoms with Gasteiger partial charge in [0, 0.05) is 59.6 Å². The fourth-order valence-corrected chi connectivity index (χ4v) is 2.10. The molecule has 6 nitrogen and oxygen atoms in total. The molecule has 1 aliphatic heterocycles. The SMILES string of the molecule is CC(=O)N1CCN(c2nccnc2N(C)C)CC1. The van der Waals surface area contributed by atoms with Crippen LogP contribution < -0.4 is 9.80 Å². The van der Waals surface area contributed by atoms with Crippen LogP contribution in [0.4, 0.5) is 11.6 Å². The predicted molar refractivity (Wildman–Crippen MR) is 70.8 cm³/mol. The molecule has 0 atom stereocenters. The van der Waals surface area contributed by atoms with Gasteiger partial charge in [0.1, 0.15) is 0 Å². The van der Waals surface area contributed by atoms with Gasteiger partial charge in [0.05, 0.1) is 0 Å². The first-order valence-electron chi connectivity index (χ1n) is 6.08. The molecule has 0 spiro atoms. The summed E-state index contributed by atoms with van der Waals surface area (Å²) in [5.74, 6) is 1.90. The molecule has 1 aromatic rings. The maximum atomic E-state index is 11.3. The Hall–Kier alpha value is -1.85. The standard InChI is InChI=1S/C12H19N5O/c1-10(18)16-6-8-17(9-7-16)12-11(15(2)3)13-4-5-14-12/h4-5H,6-9H2,1-3H3. The number of hydrogen-bond donors (Lipinski definition) is 0. The van der Waals surface area contributed by atoms with E-state index in [1.54, 1.807) is 19.3 Å². The van der Waals surface area contributed by atoms with Crippen molar-refractivity contribution in [1.29, 1.82) is 0 Å². The Kier molecular flexibility index (Phi) is 3.64. The lowest BCUT2D eigenvalue weighted by molar-refractivity contribution is -0.129. The minimum Gasteiger partial charge on any atom is -0.360 e. The lowest BCUT2D eigenvalue weighted by atomic mass is 10.3. The van der Waals surface area contributed by atoms with Gasteiger partial charge in [0.15, 0.2) is 11.6 Å². The summed E-state index contributed by atoms with van der Waals surface area (Å²) in [6, 6.07) is 0. The molecule has 0 radical (unpaired) electrons. The van der Waals surface area contributed by atoms with Crippen molar-refractivity contribution in [2.45, 2.75) is 6.92 Å². The average molecular weight is 249 g/mol. The lowest BCUT2D eigenvalue weighted by Gasteiger charge is -2.35. The van der Waals surface area contributed by atoms with E-state index in [4.69, 9.17) is 0 Å². The van der Waals surface area contributed by atoms with Gasteiger partial charge in [-0.05, 0) is 0 Å². The molecule has 98 valence electrons. The monoisotopic (exact) mass is 249 g/mol. The van der Waals surface area contributed by atoms with Crippen LogP contribution in [0.25, 0.3) is 0 Å². The molecule has 0 saturated carbocycles. The van der Waals surface area contributed by atoms with E-state index in [-0.39, 0.29) is 5.91 Å². The van der Waals surface area contributed by atoms with Crippen LogP contribution in [0.15, 0.2) is 12.4 Å². The molecule has 1 saturated heterocycles. The van der Waals surface area contributed by atoms with E-state index in [0.29, 0.717) is 0 Å². The van der Waals surface area contributed by atoms with Crippen LogP contribution in [-0.2, 0) is 4.79 Å². The summed E-state index contributed by atoms with van der Waals surface area (Å²) in [6.45, 7) is 4.72. The van der Waals surface area contributed by atoms with Crippen molar-refractivity contribution in [3.63, 3.8) is 0 Å². The first-order valence-corrected chi connectivity index (χ1v) is 6.08. The maximum Gasteiger partial charge on any atom is 0.219 e. The van der Waals surface area contributed by atoms with Crippen LogP contribution in [0.1, 0.15) is 6.92 Å². The van der Waals surface area contributed by atoms with Gasteiger partial charge in [0.2, 0.25) is 5.91 Å². The van der Waals surface area contributed by atoms with Gasteiger partial charge in [-0.25, -0.2) is 9.97 Å². The third-order valence-electron chi connectivity index (χ3n) is 3.11. The molecule has 2 rings (SSSR count). The van der Waals surface area contributed by atoms with Crippen molar-refractivity contribution in [1.82, 2.24) is 14.9 Å². The predicted octanol–water partition coefficient (Wildman–Crippen LogP) is 0.211. The van der Waals surface area contributed by atoms with Crippen LogP contribution in [0.2, 0.25) is 0 Å². The van der Waals surface area contributed by atoms with Gasteiger partial charge in [0.25, 0.3) is 0 Å². The zero-order valence-electron chi connectivity index (χ0n) is 11.1. The maximum absolute atomic E-state index is 11.3. The topological polar surface area (TPSA) is 52.6 Å². The third kappa shape index (κ3) is 2.52. The molecular weight excluding hydrogens is 230 g/mol. The second kappa shape index (κ2) is 5.20. The van der Waals surface area contributed by atoms with Gasteiger partial charge in [-0.3, -0.25) is 4.79 Å². The fourth-order valence-electron chi connectivity index (χ4n) is 2.10. The summed E-state index contributed by atoms with van der Waals surface area (Å²) < 4.78 is 0. The highest BCUT2D eigenvalue weighted by Crippen LogP contribution is 2.23. The van der Waals surface area contributed by atoms with E-state index in [0.717, 1.165) is 37.8 Å². The van der Waals surface area contributed by atoms with Crippen LogP contribution >= 0.6 is 0 Å². The molecular formula is C12H19N5O. The van der Waals surface area contributed by atoms with Crippen LogP contribution in [0.3, 0.4) is 0 Å². The molecule has 2 heterocycles. The third-order valence-corrected chi connectivity index (χ3v) is 3.11. The molecule has 0 bridgehead atoms. The highest BCUT2D eigenvalue weighted by molar-refractivity contribution is 5.73. The highest BCUT2D eigenvalue weighted by atomic mass is 16.2. The van der Waals surface area contributed by atoms with E-state index >= 15 is 0 Å². The zero-order valence-corrected chi connectivity index (χ0v) is 11.1. The molecule has 18 heavy (non-hydrogen) atoms. The summed E-state index contributed by atoms with van der Waals surface area (Å²) in [7, 11) is 3.92. The summed E-state index contributed by atoms with van der Waals surface area (Å²) in [4.78, 5) is 26.1. The van der Waals surface area contributed by atoms with Crippen LogP contribution in [-0.4, -0.2) is 61.0 Å². The van der Waals surface area contributed by atoms with E-state index in [2.05, 4.69) is 14.9 Å². The number of nitrogens with zero attached hydrogens (tertiary/aromatic N) is 5. The number of amides is 1. The minimum atomic E-state index is 0.140. The summed E-state index contributed by atoms with van der Waals surface area (Å²) in [5, 5.41) is 0. The van der Waals surface area contributed by atoms with Crippen molar-refractivity contribution in [2.24, 2.45) is 0 Å². The van der Waals surface area contributed by atoms with E-state index in [9.17, 15) is 4.79 Å². The van der Waals surface area contributed by atoms with Crippen molar-refractivity contribution in [3.8, 4) is 0 Å². The number of aromatic nitrogens is 2. The lowest BCUT2D eigenvalue weighted by Crippen LogP contribution is -2.48. The van der Waals surface area contributed by atoms with Crippen molar-refractivity contribution in [3.05, 3.63) is 12.4 Å². The van der Waals surface area contributed by atoms with Crippen LogP contribution in [0, 0.1) is 0 Å². The van der Waals surface area contributed by atoms with Crippen molar-refractivity contribution in [2.75, 3.05) is 50.1 Å². The molecule has 1 aliphatic rings. The largest absolute Gasteiger partial charge is 0.360 e. The summed E-state index contributed by atoms with van der Waals surface area (Å²) >= 11 is 0. The normalized spacial score (nSPS) is 15.7. The smallest absolute Gasteiger partial charge is 0.219 e. The van der Waals surface area contributed by atoms with E-state index < -0.39 is 0 Å². The van der Waals surface area contributed by atoms with Gasteiger partial charge in [-0.1, -0.05) is 0 Å². The molecule has 1 aromatic heterocycles. The van der Waals surface area contributed by atoms with Gasteiger partial charge < -0.3 is 14.7 Å². The van der Waals surface area contributed by atoms with Gasteiger partial charge in [-0.15, -0.1) is 0 Å². The number of carbonyl (C=O) groups excluding carboxylic acids is 1. The molecule has 0 unspecified atom stereocenters. The quantitative estimate of drug-likeness (QED) is 0.750. The Morgan fingerprint density at radius 2 is 1.78 bits per heavy atom. The Morgan fingerprint density at radius 3 is 2.33 bits per heavy atom. The minimum absolute atomic E-state index is 0.140. The first kappa shape index (κ1) is 12.6. The number of hydrogen-bond acceptors (Lipinski definition) is 5. The molecule has 0 N–H and O–H groups in total. The molecule has 0 aromatic carbocycles. The number of piperazine rings is 1. The first-order chi connectivity index (χ1) is 8.59. The fraction of sp³-hybridized carbons (Fsp3) is 0.583. The second-order valence-corrected chi connectivity index (χ2v) is 4.59. The molecule has 1 fully saturated rings. The van der Waals surface area contributed by atoms with E-state index in [1.165, 1.54) is 0 Å². The number of rotatable bonds is 2. The average Bonchev–Trinajstić information content (AvgIpc) is 2.39.